The largest absolute Gasteiger partial charge is 0.458 e. The zero-order valence-corrected chi connectivity index (χ0v) is 19.5. The summed E-state index contributed by atoms with van der Waals surface area (Å²) >= 11 is 0. The van der Waals surface area contributed by atoms with E-state index in [1.165, 1.54) is 12.3 Å². The molecular formula is C26H35NO5. The summed E-state index contributed by atoms with van der Waals surface area (Å²) in [4.78, 5) is 41.3. The Kier molecular flexibility index (Phi) is 5.51. The zero-order chi connectivity index (χ0) is 23.5. The highest BCUT2D eigenvalue weighted by atomic mass is 16.5. The van der Waals surface area contributed by atoms with Crippen LogP contribution in [0.25, 0.3) is 0 Å². The minimum Gasteiger partial charge on any atom is -0.458 e. The second-order valence-corrected chi connectivity index (χ2v) is 10.9. The van der Waals surface area contributed by atoms with Crippen LogP contribution in [0.3, 0.4) is 0 Å². The Morgan fingerprint density at radius 1 is 1.28 bits per heavy atom. The molecule has 174 valence electrons. The molecular weight excluding hydrogens is 406 g/mol. The molecule has 6 nitrogen and oxygen atoms in total. The topological polar surface area (TPSA) is 96.5 Å². The molecule has 1 aromatic rings. The third-order valence-electron chi connectivity index (χ3n) is 9.59. The van der Waals surface area contributed by atoms with Gasteiger partial charge in [-0.3, -0.25) is 9.59 Å². The number of carbonyl (C=O) groups is 2. The van der Waals surface area contributed by atoms with Crippen molar-refractivity contribution in [2.24, 2.45) is 34.0 Å². The number of pyridine rings is 1. The predicted octanol–water partition coefficient (Wildman–Crippen LogP) is 3.90. The fraction of sp³-hybridized carbons (Fsp3) is 0.654. The van der Waals surface area contributed by atoms with Gasteiger partial charge < -0.3 is 14.8 Å². The van der Waals surface area contributed by atoms with Crippen molar-refractivity contribution in [2.75, 3.05) is 0 Å². The Morgan fingerprint density at radius 3 is 2.66 bits per heavy atom. The summed E-state index contributed by atoms with van der Waals surface area (Å²) in [6.45, 7) is 12.3. The lowest BCUT2D eigenvalue weighted by molar-refractivity contribution is -0.192. The number of esters is 1. The number of nitrogens with one attached hydrogen (secondary N) is 1. The van der Waals surface area contributed by atoms with Crippen molar-refractivity contribution in [1.29, 1.82) is 0 Å². The van der Waals surface area contributed by atoms with E-state index in [2.05, 4.69) is 32.3 Å². The van der Waals surface area contributed by atoms with Crippen molar-refractivity contribution in [3.8, 4) is 0 Å². The van der Waals surface area contributed by atoms with Crippen LogP contribution in [0, 0.1) is 34.0 Å². The molecule has 8 atom stereocenters. The number of Topliss-reactive ketones (excluding diaryl/α,β-unsaturated/α-hetero) is 1. The molecule has 0 amide bonds. The Morgan fingerprint density at radius 2 is 2.00 bits per heavy atom. The third kappa shape index (κ3) is 3.06. The quantitative estimate of drug-likeness (QED) is 0.548. The SMILES string of the molecule is C=C[C@]1(C)C[C@@H](OC(=O)c2ccc[nH]c2=O)[C@]2(C)C(C)CCC3(CCC(=O)C32)[C@@H](C)[C@@H]1O. The number of H-pyrrole nitrogens is 1. The molecule has 4 rings (SSSR count). The molecule has 3 aliphatic rings. The molecule has 32 heavy (non-hydrogen) atoms. The van der Waals surface area contributed by atoms with E-state index in [1.54, 1.807) is 12.1 Å². The number of aliphatic hydroxyl groups is 1. The highest BCUT2D eigenvalue weighted by Crippen LogP contribution is 2.68. The van der Waals surface area contributed by atoms with Crippen molar-refractivity contribution < 1.29 is 19.4 Å². The van der Waals surface area contributed by atoms with Crippen LogP contribution >= 0.6 is 0 Å². The van der Waals surface area contributed by atoms with E-state index in [0.29, 0.717) is 12.8 Å². The number of aliphatic hydroxyl groups excluding tert-OH is 1. The highest BCUT2D eigenvalue weighted by Gasteiger charge is 2.68. The average Bonchev–Trinajstić information content (AvgIpc) is 3.12. The van der Waals surface area contributed by atoms with Crippen LogP contribution in [-0.4, -0.2) is 34.1 Å². The monoisotopic (exact) mass is 441 g/mol. The van der Waals surface area contributed by atoms with Crippen molar-refractivity contribution >= 4 is 11.8 Å². The Labute approximate surface area is 189 Å². The van der Waals surface area contributed by atoms with E-state index < -0.39 is 34.6 Å². The summed E-state index contributed by atoms with van der Waals surface area (Å²) in [7, 11) is 0. The first-order chi connectivity index (χ1) is 15.0. The van der Waals surface area contributed by atoms with Gasteiger partial charge in [0.05, 0.1) is 6.10 Å². The molecule has 0 aromatic carbocycles. The molecule has 1 heterocycles. The molecule has 1 aromatic heterocycles. The van der Waals surface area contributed by atoms with Gasteiger partial charge in [-0.05, 0) is 55.1 Å². The van der Waals surface area contributed by atoms with E-state index >= 15 is 0 Å². The van der Waals surface area contributed by atoms with Gasteiger partial charge in [0.25, 0.3) is 5.56 Å². The maximum atomic E-state index is 13.4. The number of aromatic nitrogens is 1. The molecule has 2 N–H and O–H groups in total. The van der Waals surface area contributed by atoms with Crippen LogP contribution < -0.4 is 5.56 Å². The van der Waals surface area contributed by atoms with Gasteiger partial charge in [-0.2, -0.15) is 0 Å². The Balaban J connectivity index is 1.86. The molecule has 6 heteroatoms. The molecule has 0 aliphatic heterocycles. The van der Waals surface area contributed by atoms with E-state index in [1.807, 2.05) is 6.92 Å². The number of rotatable bonds is 3. The molecule has 3 aliphatic carbocycles. The van der Waals surface area contributed by atoms with Crippen LogP contribution in [0.4, 0.5) is 0 Å². The minimum atomic E-state index is -0.715. The first-order valence-electron chi connectivity index (χ1n) is 11.7. The second-order valence-electron chi connectivity index (χ2n) is 10.9. The number of aromatic amines is 1. The molecule has 0 spiro atoms. The van der Waals surface area contributed by atoms with Gasteiger partial charge in [0.15, 0.2) is 0 Å². The number of ketones is 1. The lowest BCUT2D eigenvalue weighted by Gasteiger charge is -2.61. The smallest absolute Gasteiger partial charge is 0.344 e. The van der Waals surface area contributed by atoms with E-state index in [9.17, 15) is 19.5 Å². The lowest BCUT2D eigenvalue weighted by atomic mass is 9.44. The summed E-state index contributed by atoms with van der Waals surface area (Å²) in [6.07, 6.45) is 5.26. The van der Waals surface area contributed by atoms with Crippen LogP contribution in [0.15, 0.2) is 35.8 Å². The van der Waals surface area contributed by atoms with Crippen LogP contribution in [0.2, 0.25) is 0 Å². The molecule has 2 bridgehead atoms. The van der Waals surface area contributed by atoms with Gasteiger partial charge in [-0.25, -0.2) is 4.79 Å². The normalized spacial score (nSPS) is 43.7. The van der Waals surface area contributed by atoms with Gasteiger partial charge >= 0.3 is 5.97 Å². The Bertz CT molecular complexity index is 1000. The Hall–Kier alpha value is -2.21. The minimum absolute atomic E-state index is 0.0557. The maximum absolute atomic E-state index is 13.4. The van der Waals surface area contributed by atoms with Crippen LogP contribution in [0.5, 0.6) is 0 Å². The highest BCUT2D eigenvalue weighted by molar-refractivity contribution is 5.89. The van der Waals surface area contributed by atoms with E-state index in [4.69, 9.17) is 4.74 Å². The second kappa shape index (κ2) is 7.68. The van der Waals surface area contributed by atoms with E-state index in [0.717, 1.165) is 19.3 Å². The van der Waals surface area contributed by atoms with Gasteiger partial charge in [-0.15, -0.1) is 6.58 Å². The standard InChI is InChI=1S/C26H35NO5/c1-6-24(4)14-19(32-23(31)17-8-7-13-27-22(17)30)25(5)15(2)9-11-26(16(3)21(24)29)12-10-18(28)20(25)26/h6-8,13,15-16,19-21,29H,1,9-12,14H2,2-5H3,(H,27,30)/t15?,16-,19+,20?,21-,24+,25-,26?/m0/s1. The van der Waals surface area contributed by atoms with E-state index in [-0.39, 0.29) is 34.5 Å². The van der Waals surface area contributed by atoms with Gasteiger partial charge in [0.2, 0.25) is 0 Å². The van der Waals surface area contributed by atoms with Crippen LogP contribution in [0.1, 0.15) is 70.2 Å². The maximum Gasteiger partial charge on any atom is 0.344 e. The summed E-state index contributed by atoms with van der Waals surface area (Å²) in [6, 6.07) is 3.04. The third-order valence-corrected chi connectivity index (χ3v) is 9.59. The zero-order valence-electron chi connectivity index (χ0n) is 19.5. The average molecular weight is 442 g/mol. The first-order valence-corrected chi connectivity index (χ1v) is 11.7. The number of hydrogen-bond donors (Lipinski definition) is 2. The van der Waals surface area contributed by atoms with Crippen LogP contribution in [-0.2, 0) is 9.53 Å². The molecule has 3 fully saturated rings. The molecule has 3 unspecified atom stereocenters. The summed E-state index contributed by atoms with van der Waals surface area (Å²) in [5.74, 6) is -0.710. The number of carbonyl (C=O) groups excluding carboxylic acids is 2. The fourth-order valence-corrected chi connectivity index (χ4v) is 7.28. The first kappa shape index (κ1) is 23.0. The summed E-state index contributed by atoms with van der Waals surface area (Å²) < 4.78 is 6.12. The molecule has 0 saturated heterocycles. The molecule has 0 radical (unpaired) electrons. The van der Waals surface area contributed by atoms with Crippen molar-refractivity contribution in [3.63, 3.8) is 0 Å². The summed E-state index contributed by atoms with van der Waals surface area (Å²) in [5.41, 5.74) is -2.18. The number of hydrogen-bond acceptors (Lipinski definition) is 5. The van der Waals surface area contributed by atoms with Crippen molar-refractivity contribution in [1.82, 2.24) is 4.98 Å². The summed E-state index contributed by atoms with van der Waals surface area (Å²) in [5, 5.41) is 11.5. The number of ether oxygens (including phenoxy) is 1. The van der Waals surface area contributed by atoms with Gasteiger partial charge in [-0.1, -0.05) is 33.8 Å². The lowest BCUT2D eigenvalue weighted by Crippen LogP contribution is -2.63. The van der Waals surface area contributed by atoms with Crippen molar-refractivity contribution in [2.45, 2.75) is 72.0 Å². The fourth-order valence-electron chi connectivity index (χ4n) is 7.28. The predicted molar refractivity (Wildman–Crippen MR) is 121 cm³/mol. The molecule has 3 saturated carbocycles. The van der Waals surface area contributed by atoms with Crippen molar-refractivity contribution in [3.05, 3.63) is 46.9 Å². The van der Waals surface area contributed by atoms with Gasteiger partial charge in [0, 0.05) is 29.4 Å². The van der Waals surface area contributed by atoms with Gasteiger partial charge in [0.1, 0.15) is 17.5 Å².